The van der Waals surface area contributed by atoms with Gasteiger partial charge in [0, 0.05) is 30.0 Å². The number of aromatic nitrogens is 2. The van der Waals surface area contributed by atoms with E-state index in [2.05, 4.69) is 36.1 Å². The predicted octanol–water partition coefficient (Wildman–Crippen LogP) is 2.33. The summed E-state index contributed by atoms with van der Waals surface area (Å²) in [6.45, 7) is 9.96. The number of nitrogens with two attached hydrogens (primary N) is 1. The number of anilines is 2. The fraction of sp³-hybridized carbons (Fsp3) is 0.714. The maximum absolute atomic E-state index is 5.97. The average molecular weight is 264 g/mol. The summed E-state index contributed by atoms with van der Waals surface area (Å²) in [6, 6.07) is 0.329. The van der Waals surface area contributed by atoms with Crippen molar-refractivity contribution in [1.29, 1.82) is 0 Å². The van der Waals surface area contributed by atoms with Gasteiger partial charge in [0.25, 0.3) is 0 Å². The third-order valence-corrected chi connectivity index (χ3v) is 3.75. The van der Waals surface area contributed by atoms with E-state index < -0.39 is 0 Å². The molecule has 5 nitrogen and oxygen atoms in total. The molecular weight excluding hydrogens is 240 g/mol. The highest BCUT2D eigenvalue weighted by Gasteiger charge is 2.23. The van der Waals surface area contributed by atoms with Crippen LogP contribution in [0.1, 0.15) is 44.5 Å². The van der Waals surface area contributed by atoms with Gasteiger partial charge in [0.1, 0.15) is 17.5 Å². The van der Waals surface area contributed by atoms with Gasteiger partial charge in [0.15, 0.2) is 0 Å². The molecule has 1 fully saturated rings. The molecular formula is C14H24N4O. The largest absolute Gasteiger partial charge is 0.383 e. The third-order valence-electron chi connectivity index (χ3n) is 3.75. The van der Waals surface area contributed by atoms with Crippen LogP contribution in [-0.2, 0) is 4.74 Å². The zero-order valence-electron chi connectivity index (χ0n) is 12.2. The molecule has 0 bridgehead atoms. The van der Waals surface area contributed by atoms with E-state index in [9.17, 15) is 0 Å². The lowest BCUT2D eigenvalue weighted by atomic mass is 10.0. The van der Waals surface area contributed by atoms with Crippen molar-refractivity contribution in [2.24, 2.45) is 5.92 Å². The Morgan fingerprint density at radius 3 is 2.63 bits per heavy atom. The van der Waals surface area contributed by atoms with Gasteiger partial charge in [-0.2, -0.15) is 0 Å². The van der Waals surface area contributed by atoms with Gasteiger partial charge in [0.2, 0.25) is 0 Å². The van der Waals surface area contributed by atoms with Crippen LogP contribution >= 0.6 is 0 Å². The normalized spacial score (nSPS) is 20.8. The minimum absolute atomic E-state index is 0.272. The van der Waals surface area contributed by atoms with E-state index in [1.807, 2.05) is 6.92 Å². The van der Waals surface area contributed by atoms with E-state index in [1.54, 1.807) is 0 Å². The van der Waals surface area contributed by atoms with Crippen molar-refractivity contribution in [1.82, 2.24) is 9.97 Å². The molecule has 1 saturated heterocycles. The van der Waals surface area contributed by atoms with Crippen molar-refractivity contribution in [3.8, 4) is 0 Å². The Morgan fingerprint density at radius 2 is 2.05 bits per heavy atom. The molecule has 1 aromatic rings. The second kappa shape index (κ2) is 5.74. The number of nitrogens with one attached hydrogen (secondary N) is 1. The van der Waals surface area contributed by atoms with Crippen LogP contribution in [0.5, 0.6) is 0 Å². The Hall–Kier alpha value is -1.36. The number of ether oxygens (including phenoxy) is 1. The van der Waals surface area contributed by atoms with Crippen LogP contribution in [0.25, 0.3) is 0 Å². The zero-order chi connectivity index (χ0) is 14.0. The van der Waals surface area contributed by atoms with E-state index >= 15 is 0 Å². The van der Waals surface area contributed by atoms with Crippen molar-refractivity contribution in [3.05, 3.63) is 11.4 Å². The van der Waals surface area contributed by atoms with E-state index in [1.165, 1.54) is 0 Å². The Labute approximate surface area is 115 Å². The number of nitrogens with zero attached hydrogens (tertiary/aromatic N) is 2. The van der Waals surface area contributed by atoms with Crippen molar-refractivity contribution in [3.63, 3.8) is 0 Å². The summed E-state index contributed by atoms with van der Waals surface area (Å²) >= 11 is 0. The molecule has 0 aromatic carbocycles. The van der Waals surface area contributed by atoms with Crippen molar-refractivity contribution < 1.29 is 4.74 Å². The first kappa shape index (κ1) is 14.1. The molecule has 2 unspecified atom stereocenters. The molecule has 1 aliphatic heterocycles. The van der Waals surface area contributed by atoms with Crippen molar-refractivity contribution in [2.45, 2.75) is 46.1 Å². The lowest BCUT2D eigenvalue weighted by molar-refractivity contribution is 0.183. The number of hydrogen-bond acceptors (Lipinski definition) is 5. The summed E-state index contributed by atoms with van der Waals surface area (Å²) in [5.74, 6) is 3.03. The number of nitrogen functional groups attached to an aromatic ring is 1. The molecule has 2 rings (SSSR count). The molecule has 2 heterocycles. The summed E-state index contributed by atoms with van der Waals surface area (Å²) in [5.41, 5.74) is 6.90. The quantitative estimate of drug-likeness (QED) is 0.873. The van der Waals surface area contributed by atoms with Gasteiger partial charge in [-0.25, -0.2) is 9.97 Å². The smallest absolute Gasteiger partial charge is 0.135 e. The average Bonchev–Trinajstić information content (AvgIpc) is 2.88. The lowest BCUT2D eigenvalue weighted by Crippen LogP contribution is -2.27. The van der Waals surface area contributed by atoms with Crippen LogP contribution in [0, 0.1) is 12.8 Å². The number of rotatable bonds is 4. The molecule has 0 spiro atoms. The fourth-order valence-corrected chi connectivity index (χ4v) is 2.23. The molecule has 1 aromatic heterocycles. The second-order valence-electron chi connectivity index (χ2n) is 5.65. The summed E-state index contributed by atoms with van der Waals surface area (Å²) in [6.07, 6.45) is 1.10. The third kappa shape index (κ3) is 3.15. The highest BCUT2D eigenvalue weighted by atomic mass is 16.5. The van der Waals surface area contributed by atoms with E-state index in [0.29, 0.717) is 17.8 Å². The van der Waals surface area contributed by atoms with Crippen LogP contribution in [0.4, 0.5) is 11.6 Å². The predicted molar refractivity (Wildman–Crippen MR) is 77.3 cm³/mol. The van der Waals surface area contributed by atoms with Gasteiger partial charge in [-0.15, -0.1) is 0 Å². The first-order valence-corrected chi connectivity index (χ1v) is 6.97. The molecule has 2 atom stereocenters. The molecule has 0 saturated carbocycles. The van der Waals surface area contributed by atoms with Gasteiger partial charge in [-0.3, -0.25) is 0 Å². The second-order valence-corrected chi connectivity index (χ2v) is 5.65. The molecule has 106 valence electrons. The summed E-state index contributed by atoms with van der Waals surface area (Å²) in [5, 5.41) is 3.48. The molecule has 5 heteroatoms. The van der Waals surface area contributed by atoms with Crippen LogP contribution in [0.15, 0.2) is 0 Å². The van der Waals surface area contributed by atoms with Gasteiger partial charge >= 0.3 is 0 Å². The topological polar surface area (TPSA) is 73.1 Å². The molecule has 0 aliphatic carbocycles. The zero-order valence-corrected chi connectivity index (χ0v) is 12.2. The maximum Gasteiger partial charge on any atom is 0.135 e. The SMILES string of the molecule is Cc1c(N)nc(C(C)C)nc1NC(C)C1CCOC1. The summed E-state index contributed by atoms with van der Waals surface area (Å²) in [7, 11) is 0. The minimum Gasteiger partial charge on any atom is -0.383 e. The molecule has 0 amide bonds. The van der Waals surface area contributed by atoms with Crippen molar-refractivity contribution >= 4 is 11.6 Å². The lowest BCUT2D eigenvalue weighted by Gasteiger charge is -2.22. The minimum atomic E-state index is 0.272. The van der Waals surface area contributed by atoms with Gasteiger partial charge < -0.3 is 15.8 Å². The highest BCUT2D eigenvalue weighted by Crippen LogP contribution is 2.24. The summed E-state index contributed by atoms with van der Waals surface area (Å²) in [4.78, 5) is 8.94. The van der Waals surface area contributed by atoms with E-state index in [4.69, 9.17) is 10.5 Å². The summed E-state index contributed by atoms with van der Waals surface area (Å²) < 4.78 is 5.43. The molecule has 0 radical (unpaired) electrons. The van der Waals surface area contributed by atoms with E-state index in [-0.39, 0.29) is 5.92 Å². The van der Waals surface area contributed by atoms with E-state index in [0.717, 1.165) is 36.8 Å². The maximum atomic E-state index is 5.97. The van der Waals surface area contributed by atoms with Crippen LogP contribution < -0.4 is 11.1 Å². The standard InChI is InChI=1S/C14H24N4O/c1-8(2)13-17-12(15)9(3)14(18-13)16-10(4)11-5-6-19-7-11/h8,10-11H,5-7H2,1-4H3,(H3,15,16,17,18). The monoisotopic (exact) mass is 264 g/mol. The van der Waals surface area contributed by atoms with Gasteiger partial charge in [0.05, 0.1) is 6.61 Å². The Kier molecular flexibility index (Phi) is 4.24. The van der Waals surface area contributed by atoms with Gasteiger partial charge in [-0.1, -0.05) is 13.8 Å². The first-order chi connectivity index (χ1) is 8.99. The Bertz CT molecular complexity index is 441. The molecule has 1 aliphatic rings. The Morgan fingerprint density at radius 1 is 1.32 bits per heavy atom. The van der Waals surface area contributed by atoms with Crippen LogP contribution in [0.3, 0.4) is 0 Å². The Balaban J connectivity index is 2.18. The van der Waals surface area contributed by atoms with Crippen molar-refractivity contribution in [2.75, 3.05) is 24.3 Å². The fourth-order valence-electron chi connectivity index (χ4n) is 2.23. The van der Waals surface area contributed by atoms with Crippen LogP contribution in [0.2, 0.25) is 0 Å². The van der Waals surface area contributed by atoms with Crippen LogP contribution in [-0.4, -0.2) is 29.2 Å². The molecule has 3 N–H and O–H groups in total. The highest BCUT2D eigenvalue weighted by molar-refractivity contribution is 5.55. The van der Waals surface area contributed by atoms with Gasteiger partial charge in [-0.05, 0) is 20.3 Å². The first-order valence-electron chi connectivity index (χ1n) is 6.97. The molecule has 19 heavy (non-hydrogen) atoms. The number of hydrogen-bond donors (Lipinski definition) is 2.